The Morgan fingerprint density at radius 1 is 1.45 bits per heavy atom. The fourth-order valence-electron chi connectivity index (χ4n) is 1.84. The van der Waals surface area contributed by atoms with Crippen LogP contribution in [0.5, 0.6) is 0 Å². The van der Waals surface area contributed by atoms with Crippen LogP contribution in [0.2, 0.25) is 0 Å². The molecule has 20 heavy (non-hydrogen) atoms. The lowest BCUT2D eigenvalue weighted by atomic mass is 9.96. The first kappa shape index (κ1) is 15.8. The summed E-state index contributed by atoms with van der Waals surface area (Å²) in [4.78, 5) is 23.6. The van der Waals surface area contributed by atoms with Crippen molar-refractivity contribution in [3.05, 3.63) is 47.7 Å². The first-order valence-corrected chi connectivity index (χ1v) is 6.44. The first-order chi connectivity index (χ1) is 9.51. The van der Waals surface area contributed by atoms with E-state index in [2.05, 4.69) is 17.2 Å². The molecule has 108 valence electrons. The van der Waals surface area contributed by atoms with Crippen LogP contribution in [0.25, 0.3) is 0 Å². The minimum atomic E-state index is -0.579. The van der Waals surface area contributed by atoms with Crippen LogP contribution in [0.3, 0.4) is 0 Å². The second-order valence-electron chi connectivity index (χ2n) is 4.25. The third-order valence-corrected chi connectivity index (χ3v) is 2.75. The van der Waals surface area contributed by atoms with Crippen LogP contribution < -0.4 is 10.6 Å². The molecule has 1 unspecified atom stereocenters. The summed E-state index contributed by atoms with van der Waals surface area (Å²) < 4.78 is 5.03. The Balaban J connectivity index is 3.06. The average molecular weight is 276 g/mol. The minimum Gasteiger partial charge on any atom is -0.463 e. The van der Waals surface area contributed by atoms with Crippen molar-refractivity contribution in [3.63, 3.8) is 0 Å². The van der Waals surface area contributed by atoms with E-state index in [9.17, 15) is 9.59 Å². The molecular weight excluding hydrogens is 256 g/mol. The number of nitrogens with one attached hydrogen (secondary N) is 2. The molecule has 0 aliphatic carbocycles. The molecule has 1 aliphatic heterocycles. The van der Waals surface area contributed by atoms with Crippen LogP contribution in [-0.4, -0.2) is 24.6 Å². The molecule has 0 radical (unpaired) electrons. The number of carbonyl (C=O) groups excluding carboxylic acids is 2. The second-order valence-corrected chi connectivity index (χ2v) is 4.25. The van der Waals surface area contributed by atoms with Crippen molar-refractivity contribution in [3.8, 4) is 0 Å². The zero-order chi connectivity index (χ0) is 15.1. The molecule has 5 heteroatoms. The van der Waals surface area contributed by atoms with Gasteiger partial charge >= 0.3 is 12.0 Å². The molecule has 2 N–H and O–H groups in total. The van der Waals surface area contributed by atoms with Gasteiger partial charge in [-0.25, -0.2) is 9.59 Å². The molecule has 0 aromatic heterocycles. The number of carbonyl (C=O) groups is 2. The van der Waals surface area contributed by atoms with Crippen molar-refractivity contribution in [1.82, 2.24) is 10.6 Å². The summed E-state index contributed by atoms with van der Waals surface area (Å²) in [6.07, 6.45) is 7.27. The lowest BCUT2D eigenvalue weighted by Gasteiger charge is -2.28. The van der Waals surface area contributed by atoms with Crippen molar-refractivity contribution in [2.45, 2.75) is 26.8 Å². The normalized spacial score (nSPS) is 19.1. The van der Waals surface area contributed by atoms with Crippen LogP contribution in [-0.2, 0) is 9.53 Å². The Morgan fingerprint density at radius 3 is 2.75 bits per heavy atom. The Morgan fingerprint density at radius 2 is 2.15 bits per heavy atom. The van der Waals surface area contributed by atoms with Crippen LogP contribution in [0.1, 0.15) is 20.8 Å². The molecule has 1 heterocycles. The van der Waals surface area contributed by atoms with Crippen molar-refractivity contribution in [2.75, 3.05) is 6.61 Å². The number of esters is 1. The Kier molecular flexibility index (Phi) is 5.77. The van der Waals surface area contributed by atoms with Gasteiger partial charge in [-0.2, -0.15) is 0 Å². The lowest BCUT2D eigenvalue weighted by Crippen LogP contribution is -2.50. The van der Waals surface area contributed by atoms with Crippen molar-refractivity contribution in [2.24, 2.45) is 0 Å². The quantitative estimate of drug-likeness (QED) is 0.597. The zero-order valence-corrected chi connectivity index (χ0v) is 12.0. The Labute approximate surface area is 119 Å². The Bertz CT molecular complexity index is 501. The van der Waals surface area contributed by atoms with E-state index in [0.29, 0.717) is 16.8 Å². The largest absolute Gasteiger partial charge is 0.463 e. The van der Waals surface area contributed by atoms with E-state index in [1.807, 2.05) is 19.1 Å². The van der Waals surface area contributed by atoms with Crippen molar-refractivity contribution in [1.29, 1.82) is 0 Å². The number of hydrogen-bond donors (Lipinski definition) is 2. The highest BCUT2D eigenvalue weighted by atomic mass is 16.5. The van der Waals surface area contributed by atoms with Gasteiger partial charge < -0.3 is 15.4 Å². The highest BCUT2D eigenvalue weighted by Crippen LogP contribution is 2.20. The summed E-state index contributed by atoms with van der Waals surface area (Å²) in [7, 11) is 0. The molecule has 0 aromatic rings. The van der Waals surface area contributed by atoms with Gasteiger partial charge in [0.15, 0.2) is 0 Å². The average Bonchev–Trinajstić information content (AvgIpc) is 2.38. The maximum Gasteiger partial charge on any atom is 0.338 e. The topological polar surface area (TPSA) is 67.4 Å². The molecule has 0 spiro atoms. The molecule has 2 amide bonds. The molecule has 0 fully saturated rings. The van der Waals surface area contributed by atoms with E-state index in [1.54, 1.807) is 26.0 Å². The van der Waals surface area contributed by atoms with E-state index in [1.165, 1.54) is 0 Å². The van der Waals surface area contributed by atoms with E-state index in [0.717, 1.165) is 0 Å². The van der Waals surface area contributed by atoms with Crippen LogP contribution in [0.15, 0.2) is 47.7 Å². The fourth-order valence-corrected chi connectivity index (χ4v) is 1.84. The third kappa shape index (κ3) is 3.85. The maximum absolute atomic E-state index is 12.0. The molecular formula is C15H20N2O3. The predicted molar refractivity (Wildman–Crippen MR) is 77.9 cm³/mol. The van der Waals surface area contributed by atoms with Gasteiger partial charge in [-0.15, -0.1) is 0 Å². The van der Waals surface area contributed by atoms with Gasteiger partial charge in [0.05, 0.1) is 18.2 Å². The molecule has 0 saturated carbocycles. The van der Waals surface area contributed by atoms with Gasteiger partial charge in [0.25, 0.3) is 0 Å². The molecule has 1 atom stereocenters. The first-order valence-electron chi connectivity index (χ1n) is 6.44. The van der Waals surface area contributed by atoms with Gasteiger partial charge in [0.2, 0.25) is 0 Å². The molecule has 0 aromatic carbocycles. The number of allylic oxidation sites excluding steroid dienone is 4. The van der Waals surface area contributed by atoms with Crippen LogP contribution in [0.4, 0.5) is 4.79 Å². The lowest BCUT2D eigenvalue weighted by molar-refractivity contribution is -0.138. The van der Waals surface area contributed by atoms with Crippen LogP contribution >= 0.6 is 0 Å². The summed E-state index contributed by atoms with van der Waals surface area (Å²) in [6, 6.07) is -0.939. The highest BCUT2D eigenvalue weighted by molar-refractivity contribution is 5.95. The van der Waals surface area contributed by atoms with E-state index >= 15 is 0 Å². The van der Waals surface area contributed by atoms with Crippen molar-refractivity contribution < 1.29 is 14.3 Å². The monoisotopic (exact) mass is 276 g/mol. The number of rotatable bonds is 5. The summed E-state index contributed by atoms with van der Waals surface area (Å²) >= 11 is 0. The molecule has 1 aliphatic rings. The van der Waals surface area contributed by atoms with E-state index in [4.69, 9.17) is 4.74 Å². The molecule has 0 saturated heterocycles. The number of ether oxygens (including phenoxy) is 1. The number of amides is 2. The number of hydrogen-bond acceptors (Lipinski definition) is 3. The SMILES string of the molecule is C=C(/C=C\C=C/C)C1NC(=O)NC(C)=C1C(=O)OCC. The summed E-state index contributed by atoms with van der Waals surface area (Å²) in [6.45, 7) is 9.48. The Hall–Kier alpha value is -2.30. The minimum absolute atomic E-state index is 0.275. The summed E-state index contributed by atoms with van der Waals surface area (Å²) in [5, 5.41) is 5.25. The third-order valence-electron chi connectivity index (χ3n) is 2.75. The predicted octanol–water partition coefficient (Wildman–Crippen LogP) is 2.19. The number of urea groups is 1. The van der Waals surface area contributed by atoms with E-state index < -0.39 is 12.0 Å². The molecule has 5 nitrogen and oxygen atoms in total. The standard InChI is InChI=1S/C15H20N2O3/c1-5-7-8-9-10(3)13-12(14(18)20-6-2)11(4)16-15(19)17-13/h5,7-9,13H,3,6H2,1-2,4H3,(H2,16,17,19)/b7-5-,9-8-. The van der Waals surface area contributed by atoms with Gasteiger partial charge in [0.1, 0.15) is 0 Å². The molecule has 1 rings (SSSR count). The van der Waals surface area contributed by atoms with Crippen molar-refractivity contribution >= 4 is 12.0 Å². The maximum atomic E-state index is 12.0. The zero-order valence-electron chi connectivity index (χ0n) is 12.0. The smallest absolute Gasteiger partial charge is 0.338 e. The fraction of sp³-hybridized carbons (Fsp3) is 0.333. The second kappa shape index (κ2) is 7.33. The molecule has 0 bridgehead atoms. The van der Waals surface area contributed by atoms with Gasteiger partial charge in [-0.1, -0.05) is 30.9 Å². The van der Waals surface area contributed by atoms with Gasteiger partial charge in [0, 0.05) is 5.70 Å². The van der Waals surface area contributed by atoms with Gasteiger partial charge in [-0.3, -0.25) is 0 Å². The highest BCUT2D eigenvalue weighted by Gasteiger charge is 2.31. The van der Waals surface area contributed by atoms with Gasteiger partial charge in [-0.05, 0) is 26.3 Å². The van der Waals surface area contributed by atoms with Crippen LogP contribution in [0, 0.1) is 0 Å². The summed E-state index contributed by atoms with van der Waals surface area (Å²) in [5.41, 5.74) is 1.47. The summed E-state index contributed by atoms with van der Waals surface area (Å²) in [5.74, 6) is -0.455. The van der Waals surface area contributed by atoms with E-state index in [-0.39, 0.29) is 12.6 Å².